The number of pyridine rings is 1. The summed E-state index contributed by atoms with van der Waals surface area (Å²) in [6, 6.07) is 3.74. The van der Waals surface area contributed by atoms with Gasteiger partial charge in [0, 0.05) is 18.6 Å². The Balaban J connectivity index is 1.95. The average Bonchev–Trinajstić information content (AvgIpc) is 3.05. The maximum absolute atomic E-state index is 5.81. The highest BCUT2D eigenvalue weighted by molar-refractivity contribution is 5.85. The highest BCUT2D eigenvalue weighted by Gasteiger charge is 2.16. The molecule has 3 rings (SSSR count). The summed E-state index contributed by atoms with van der Waals surface area (Å²) in [5.41, 5.74) is 7.25. The number of rotatable bonds is 6. The molecule has 1 atom stereocenters. The van der Waals surface area contributed by atoms with Crippen molar-refractivity contribution in [3.8, 4) is 0 Å². The van der Waals surface area contributed by atoms with E-state index in [0.717, 1.165) is 30.6 Å². The monoisotopic (exact) mass is 297 g/mol. The molecule has 114 valence electrons. The Labute approximate surface area is 128 Å². The van der Waals surface area contributed by atoms with Gasteiger partial charge >= 0.3 is 0 Å². The molecule has 0 spiro atoms. The molecule has 0 aromatic carbocycles. The molecule has 0 saturated heterocycles. The van der Waals surface area contributed by atoms with E-state index in [1.165, 1.54) is 0 Å². The molecule has 3 aromatic heterocycles. The second kappa shape index (κ2) is 6.38. The minimum Gasteiger partial charge on any atom is -0.368 e. The normalized spacial score (nSPS) is 12.4. The summed E-state index contributed by atoms with van der Waals surface area (Å²) in [6.45, 7) is 2.17. The van der Waals surface area contributed by atoms with Crippen LogP contribution in [0.4, 0.5) is 11.8 Å². The zero-order chi connectivity index (χ0) is 15.4. The first-order chi connectivity index (χ1) is 10.8. The van der Waals surface area contributed by atoms with Crippen LogP contribution in [0.15, 0.2) is 30.7 Å². The van der Waals surface area contributed by atoms with Crippen LogP contribution in [-0.4, -0.2) is 24.9 Å². The molecule has 0 aliphatic carbocycles. The van der Waals surface area contributed by atoms with E-state index in [0.29, 0.717) is 11.3 Å². The zero-order valence-electron chi connectivity index (χ0n) is 12.5. The molecule has 0 aliphatic rings. The van der Waals surface area contributed by atoms with Crippen molar-refractivity contribution in [1.29, 1.82) is 0 Å². The molecule has 7 nitrogen and oxygen atoms in total. The Bertz CT molecular complexity index is 739. The van der Waals surface area contributed by atoms with E-state index in [1.807, 2.05) is 18.3 Å². The summed E-state index contributed by atoms with van der Waals surface area (Å²) >= 11 is 0. The summed E-state index contributed by atoms with van der Waals surface area (Å²) in [6.07, 6.45) is 8.44. The van der Waals surface area contributed by atoms with Gasteiger partial charge in [0.05, 0.1) is 11.6 Å². The van der Waals surface area contributed by atoms with Crippen molar-refractivity contribution >= 4 is 22.8 Å². The van der Waals surface area contributed by atoms with E-state index in [2.05, 4.69) is 37.2 Å². The number of aromatic amines is 1. The van der Waals surface area contributed by atoms with Crippen LogP contribution in [-0.2, 0) is 0 Å². The highest BCUT2D eigenvalue weighted by Crippen LogP contribution is 2.25. The van der Waals surface area contributed by atoms with Gasteiger partial charge in [0.2, 0.25) is 5.95 Å². The van der Waals surface area contributed by atoms with Gasteiger partial charge in [-0.25, -0.2) is 9.97 Å². The van der Waals surface area contributed by atoms with Crippen molar-refractivity contribution in [2.24, 2.45) is 0 Å². The first kappa shape index (κ1) is 14.2. The number of hydrogen-bond donors (Lipinski definition) is 3. The largest absolute Gasteiger partial charge is 0.368 e. The maximum atomic E-state index is 5.81. The summed E-state index contributed by atoms with van der Waals surface area (Å²) < 4.78 is 0. The van der Waals surface area contributed by atoms with Gasteiger partial charge < -0.3 is 16.0 Å². The van der Waals surface area contributed by atoms with Crippen molar-refractivity contribution in [1.82, 2.24) is 24.9 Å². The van der Waals surface area contributed by atoms with Gasteiger partial charge in [-0.2, -0.15) is 4.98 Å². The zero-order valence-corrected chi connectivity index (χ0v) is 12.5. The van der Waals surface area contributed by atoms with Crippen LogP contribution < -0.4 is 11.1 Å². The third-order valence-electron chi connectivity index (χ3n) is 3.48. The van der Waals surface area contributed by atoms with Gasteiger partial charge in [-0.1, -0.05) is 19.8 Å². The predicted octanol–water partition coefficient (Wildman–Crippen LogP) is 2.67. The van der Waals surface area contributed by atoms with Gasteiger partial charge in [0.1, 0.15) is 11.3 Å². The molecule has 3 heterocycles. The number of imidazole rings is 1. The molecule has 3 aromatic rings. The van der Waals surface area contributed by atoms with E-state index in [9.17, 15) is 0 Å². The topological polar surface area (TPSA) is 105 Å². The van der Waals surface area contributed by atoms with Gasteiger partial charge in [-0.05, 0) is 18.6 Å². The first-order valence-electron chi connectivity index (χ1n) is 7.42. The van der Waals surface area contributed by atoms with E-state index in [-0.39, 0.29) is 12.0 Å². The average molecular weight is 297 g/mol. The van der Waals surface area contributed by atoms with Crippen LogP contribution in [0, 0.1) is 0 Å². The second-order valence-electron chi connectivity index (χ2n) is 5.12. The van der Waals surface area contributed by atoms with Crippen LogP contribution >= 0.6 is 0 Å². The molecule has 7 heteroatoms. The van der Waals surface area contributed by atoms with Crippen molar-refractivity contribution in [2.75, 3.05) is 11.1 Å². The highest BCUT2D eigenvalue weighted by atomic mass is 15.1. The lowest BCUT2D eigenvalue weighted by atomic mass is 10.1. The lowest BCUT2D eigenvalue weighted by Gasteiger charge is -2.18. The molecule has 22 heavy (non-hydrogen) atoms. The van der Waals surface area contributed by atoms with Crippen LogP contribution in [0.3, 0.4) is 0 Å². The fourth-order valence-corrected chi connectivity index (χ4v) is 2.40. The third kappa shape index (κ3) is 2.98. The number of hydrogen-bond acceptors (Lipinski definition) is 6. The first-order valence-corrected chi connectivity index (χ1v) is 7.42. The lowest BCUT2D eigenvalue weighted by Crippen LogP contribution is -2.15. The van der Waals surface area contributed by atoms with E-state index >= 15 is 0 Å². The van der Waals surface area contributed by atoms with Gasteiger partial charge in [0.25, 0.3) is 0 Å². The third-order valence-corrected chi connectivity index (χ3v) is 3.48. The summed E-state index contributed by atoms with van der Waals surface area (Å²) in [5, 5.41) is 3.41. The number of nitrogen functional groups attached to an aromatic ring is 1. The molecule has 0 bridgehead atoms. The van der Waals surface area contributed by atoms with Gasteiger partial charge in [-0.15, -0.1) is 0 Å². The SMILES string of the molecule is CCCCC(Nc1nc(N)nc2cccnc12)c1ncc[nH]1. The smallest absolute Gasteiger partial charge is 0.222 e. The van der Waals surface area contributed by atoms with Crippen molar-refractivity contribution in [3.05, 3.63) is 36.5 Å². The van der Waals surface area contributed by atoms with Crippen LogP contribution in [0.5, 0.6) is 0 Å². The standard InChI is InChI=1S/C15H19N7/c1-2-3-5-11(13-18-8-9-19-13)20-14-12-10(6-4-7-17-12)21-15(16)22-14/h4,6-9,11H,2-3,5H2,1H3,(H,18,19)(H3,16,20,21,22). The number of nitrogens with zero attached hydrogens (tertiary/aromatic N) is 4. The molecule has 0 radical (unpaired) electrons. The van der Waals surface area contributed by atoms with Crippen molar-refractivity contribution in [2.45, 2.75) is 32.2 Å². The minimum atomic E-state index is 0.0365. The van der Waals surface area contributed by atoms with Crippen LogP contribution in [0.25, 0.3) is 11.0 Å². The molecule has 0 amide bonds. The fraction of sp³-hybridized carbons (Fsp3) is 0.333. The Kier molecular flexibility index (Phi) is 4.13. The summed E-state index contributed by atoms with van der Waals surface area (Å²) in [5.74, 6) is 1.76. The van der Waals surface area contributed by atoms with Crippen molar-refractivity contribution in [3.63, 3.8) is 0 Å². The Morgan fingerprint density at radius 3 is 2.95 bits per heavy atom. The predicted molar refractivity (Wildman–Crippen MR) is 86.2 cm³/mol. The van der Waals surface area contributed by atoms with E-state index in [1.54, 1.807) is 12.4 Å². The quantitative estimate of drug-likeness (QED) is 0.646. The van der Waals surface area contributed by atoms with Gasteiger partial charge in [0.15, 0.2) is 5.82 Å². The molecule has 0 saturated carbocycles. The molecule has 4 N–H and O–H groups in total. The fourth-order valence-electron chi connectivity index (χ4n) is 2.40. The lowest BCUT2D eigenvalue weighted by molar-refractivity contribution is 0.610. The van der Waals surface area contributed by atoms with Gasteiger partial charge in [-0.3, -0.25) is 4.98 Å². The van der Waals surface area contributed by atoms with Crippen LogP contribution in [0.1, 0.15) is 38.1 Å². The van der Waals surface area contributed by atoms with Crippen molar-refractivity contribution < 1.29 is 0 Å². The van der Waals surface area contributed by atoms with E-state index in [4.69, 9.17) is 5.73 Å². The Morgan fingerprint density at radius 2 is 2.18 bits per heavy atom. The molecule has 0 fully saturated rings. The number of nitrogens with one attached hydrogen (secondary N) is 2. The Morgan fingerprint density at radius 1 is 1.27 bits per heavy atom. The number of aromatic nitrogens is 5. The number of H-pyrrole nitrogens is 1. The number of fused-ring (bicyclic) bond motifs is 1. The summed E-state index contributed by atoms with van der Waals surface area (Å²) in [4.78, 5) is 20.4. The number of anilines is 2. The molecule has 1 unspecified atom stereocenters. The molecule has 0 aliphatic heterocycles. The van der Waals surface area contributed by atoms with Crippen LogP contribution in [0.2, 0.25) is 0 Å². The molecular formula is C15H19N7. The minimum absolute atomic E-state index is 0.0365. The number of nitrogens with two attached hydrogens (primary N) is 1. The summed E-state index contributed by atoms with van der Waals surface area (Å²) in [7, 11) is 0. The molecular weight excluding hydrogens is 278 g/mol. The van der Waals surface area contributed by atoms with E-state index < -0.39 is 0 Å². The number of unbranched alkanes of at least 4 members (excludes halogenated alkanes) is 1. The second-order valence-corrected chi connectivity index (χ2v) is 5.12. The maximum Gasteiger partial charge on any atom is 0.222 e. The Hall–Kier alpha value is -2.70.